The standard InChI is InChI=1S/C60H38B2N2O2S/c1-5-19-39(20-6-1)41-33-52-59-55(34-41)66-54-38-57-49(37-48(54)61(59)46-28-14-17-31-51(46)64(52)50-30-16-13-27-45(50)40-21-7-2-8-22-40)62-47-29-15-18-32-53(47)65-56-35-44(36-58(67-57)60(56)62)63(42-23-9-3-10-24-42)43-25-11-4-12-26-43/h1-38H. The van der Waals surface area contributed by atoms with Crippen LogP contribution in [0.15, 0.2) is 240 Å². The summed E-state index contributed by atoms with van der Waals surface area (Å²) in [4.78, 5) is 7.16. The Morgan fingerprint density at radius 2 is 0.925 bits per heavy atom. The van der Waals surface area contributed by atoms with Gasteiger partial charge in [0.15, 0.2) is 0 Å². The topological polar surface area (TPSA) is 24.9 Å². The summed E-state index contributed by atoms with van der Waals surface area (Å²) in [6.45, 7) is -0.115. The monoisotopic (exact) mass is 872 g/mol. The highest BCUT2D eigenvalue weighted by molar-refractivity contribution is 8.00. The Labute approximate surface area is 394 Å². The second kappa shape index (κ2) is 15.2. The van der Waals surface area contributed by atoms with E-state index in [-0.39, 0.29) is 13.4 Å². The summed E-state index contributed by atoms with van der Waals surface area (Å²) in [6, 6.07) is 83.0. The van der Waals surface area contributed by atoms with Gasteiger partial charge in [-0.25, -0.2) is 0 Å². The molecule has 0 amide bonds. The number of ether oxygens (including phenoxy) is 2. The van der Waals surface area contributed by atoms with E-state index in [4.69, 9.17) is 9.47 Å². The number of rotatable bonds is 6. The molecule has 0 aromatic heterocycles. The number of hydrogen-bond acceptors (Lipinski definition) is 5. The van der Waals surface area contributed by atoms with Crippen LogP contribution in [-0.4, -0.2) is 13.4 Å². The summed E-state index contributed by atoms with van der Waals surface area (Å²) in [7, 11) is 0. The lowest BCUT2D eigenvalue weighted by Crippen LogP contribution is -2.62. The highest BCUT2D eigenvalue weighted by Crippen LogP contribution is 2.48. The number of anilines is 6. The third kappa shape index (κ3) is 6.05. The van der Waals surface area contributed by atoms with E-state index in [1.807, 2.05) is 11.8 Å². The smallest absolute Gasteiger partial charge is 0.256 e. The van der Waals surface area contributed by atoms with Crippen LogP contribution in [0.3, 0.4) is 0 Å². The molecule has 4 nitrogen and oxygen atoms in total. The Morgan fingerprint density at radius 1 is 0.343 bits per heavy atom. The first kappa shape index (κ1) is 38.2. The fourth-order valence-corrected chi connectivity index (χ4v) is 12.1. The molecule has 4 heterocycles. The molecule has 10 aromatic carbocycles. The third-order valence-electron chi connectivity index (χ3n) is 13.8. The van der Waals surface area contributed by atoms with E-state index in [9.17, 15) is 0 Å². The number of benzene rings is 10. The maximum absolute atomic E-state index is 7.34. The molecule has 0 atom stereocenters. The molecule has 0 spiro atoms. The molecule has 0 saturated carbocycles. The predicted molar refractivity (Wildman–Crippen MR) is 280 cm³/mol. The van der Waals surface area contributed by atoms with E-state index >= 15 is 0 Å². The van der Waals surface area contributed by atoms with E-state index in [0.717, 1.165) is 68.2 Å². The van der Waals surface area contributed by atoms with Crippen molar-refractivity contribution >= 4 is 92.1 Å². The van der Waals surface area contributed by atoms with Crippen LogP contribution in [0.4, 0.5) is 34.1 Å². The molecule has 312 valence electrons. The minimum atomic E-state index is -0.0751. The van der Waals surface area contributed by atoms with Gasteiger partial charge < -0.3 is 19.3 Å². The van der Waals surface area contributed by atoms with Gasteiger partial charge in [0.1, 0.15) is 23.0 Å². The first-order valence-corrected chi connectivity index (χ1v) is 23.7. The van der Waals surface area contributed by atoms with Gasteiger partial charge in [0.25, 0.3) is 13.4 Å². The van der Waals surface area contributed by atoms with Gasteiger partial charge >= 0.3 is 0 Å². The van der Waals surface area contributed by atoms with Gasteiger partial charge in [0, 0.05) is 44.2 Å². The molecule has 0 radical (unpaired) electrons. The zero-order valence-electron chi connectivity index (χ0n) is 36.2. The lowest BCUT2D eigenvalue weighted by Gasteiger charge is -2.41. The lowest BCUT2D eigenvalue weighted by molar-refractivity contribution is 0.486. The SMILES string of the molecule is c1ccc(-c2cc3c4c(c2)N(c2ccccc2-c2ccccc2)c2ccccc2B4c2cc4c(cc2O3)Sc2cc(N(c3ccccc3)c3ccccc3)cc3c2B4c2ccccc2O3)cc1. The minimum absolute atomic E-state index is 0.0399. The number of nitrogens with zero attached hydrogens (tertiary/aromatic N) is 2. The zero-order chi connectivity index (χ0) is 44.0. The molecule has 4 aliphatic rings. The van der Waals surface area contributed by atoms with Crippen LogP contribution in [0.5, 0.6) is 23.0 Å². The van der Waals surface area contributed by atoms with E-state index in [1.54, 1.807) is 0 Å². The van der Waals surface area contributed by atoms with Crippen LogP contribution in [0.1, 0.15) is 0 Å². The summed E-state index contributed by atoms with van der Waals surface area (Å²) in [6.07, 6.45) is 0. The Hall–Kier alpha value is -8.12. The molecule has 14 rings (SSSR count). The van der Waals surface area contributed by atoms with Crippen molar-refractivity contribution in [3.8, 4) is 45.3 Å². The van der Waals surface area contributed by atoms with Gasteiger partial charge in [0.05, 0.1) is 11.4 Å². The first-order chi connectivity index (χ1) is 33.2. The van der Waals surface area contributed by atoms with Crippen molar-refractivity contribution in [1.29, 1.82) is 0 Å². The Morgan fingerprint density at radius 3 is 1.67 bits per heavy atom. The zero-order valence-corrected chi connectivity index (χ0v) is 37.0. The van der Waals surface area contributed by atoms with Crippen molar-refractivity contribution in [2.45, 2.75) is 9.79 Å². The Bertz CT molecular complexity index is 3550. The Kier molecular flexibility index (Phi) is 8.68. The highest BCUT2D eigenvalue weighted by Gasteiger charge is 2.46. The first-order valence-electron chi connectivity index (χ1n) is 22.9. The molecule has 4 aliphatic heterocycles. The second-order valence-corrected chi connectivity index (χ2v) is 18.6. The third-order valence-corrected chi connectivity index (χ3v) is 14.9. The minimum Gasteiger partial charge on any atom is -0.458 e. The molecule has 0 aliphatic carbocycles. The summed E-state index contributed by atoms with van der Waals surface area (Å²) < 4.78 is 14.3. The van der Waals surface area contributed by atoms with Crippen LogP contribution in [0.25, 0.3) is 22.3 Å². The van der Waals surface area contributed by atoms with Crippen molar-refractivity contribution in [3.05, 3.63) is 231 Å². The van der Waals surface area contributed by atoms with E-state index < -0.39 is 0 Å². The highest BCUT2D eigenvalue weighted by atomic mass is 32.2. The molecule has 0 unspecified atom stereocenters. The van der Waals surface area contributed by atoms with Crippen LogP contribution in [0, 0.1) is 0 Å². The quantitative estimate of drug-likeness (QED) is 0.155. The largest absolute Gasteiger partial charge is 0.458 e. The number of hydrogen-bond donors (Lipinski definition) is 0. The van der Waals surface area contributed by atoms with Crippen molar-refractivity contribution < 1.29 is 9.47 Å². The van der Waals surface area contributed by atoms with Gasteiger partial charge in [-0.2, -0.15) is 0 Å². The van der Waals surface area contributed by atoms with Crippen LogP contribution in [-0.2, 0) is 0 Å². The average Bonchev–Trinajstić information content (AvgIpc) is 3.39. The molecule has 0 fully saturated rings. The van der Waals surface area contributed by atoms with E-state index in [0.29, 0.717) is 0 Å². The molecule has 10 aromatic rings. The van der Waals surface area contributed by atoms with E-state index in [1.165, 1.54) is 53.7 Å². The van der Waals surface area contributed by atoms with Crippen molar-refractivity contribution in [1.82, 2.24) is 0 Å². The summed E-state index contributed by atoms with van der Waals surface area (Å²) in [5.41, 5.74) is 18.5. The normalized spacial score (nSPS) is 13.2. The summed E-state index contributed by atoms with van der Waals surface area (Å²) in [5.74, 6) is 3.55. The molecule has 7 heteroatoms. The van der Waals surface area contributed by atoms with Crippen molar-refractivity contribution in [2.75, 3.05) is 9.80 Å². The molecule has 0 N–H and O–H groups in total. The van der Waals surface area contributed by atoms with E-state index in [2.05, 4.69) is 240 Å². The van der Waals surface area contributed by atoms with Gasteiger partial charge in [-0.1, -0.05) is 175 Å². The molecular formula is C60H38B2N2O2S. The number of fused-ring (bicyclic) bond motifs is 8. The molecule has 0 saturated heterocycles. The Balaban J connectivity index is 0.980. The molecule has 0 bridgehead atoms. The van der Waals surface area contributed by atoms with Crippen molar-refractivity contribution in [2.24, 2.45) is 0 Å². The molecular weight excluding hydrogens is 834 g/mol. The van der Waals surface area contributed by atoms with Crippen LogP contribution >= 0.6 is 11.8 Å². The maximum atomic E-state index is 7.34. The van der Waals surface area contributed by atoms with Crippen LogP contribution in [0.2, 0.25) is 0 Å². The number of para-hydroxylation sites is 5. The average molecular weight is 873 g/mol. The van der Waals surface area contributed by atoms with Gasteiger partial charge in [0.2, 0.25) is 0 Å². The summed E-state index contributed by atoms with van der Waals surface area (Å²) in [5, 5.41) is 0. The predicted octanol–water partition coefficient (Wildman–Crippen LogP) is 12.0. The van der Waals surface area contributed by atoms with Gasteiger partial charge in [-0.05, 0) is 111 Å². The van der Waals surface area contributed by atoms with Gasteiger partial charge in [-0.3, -0.25) is 0 Å². The fourth-order valence-electron chi connectivity index (χ4n) is 10.9. The maximum Gasteiger partial charge on any atom is 0.256 e. The lowest BCUT2D eigenvalue weighted by atomic mass is 9.31. The summed E-state index contributed by atoms with van der Waals surface area (Å²) >= 11 is 1.81. The second-order valence-electron chi connectivity index (χ2n) is 17.6. The molecule has 67 heavy (non-hydrogen) atoms. The van der Waals surface area contributed by atoms with Crippen molar-refractivity contribution in [3.63, 3.8) is 0 Å². The fraction of sp³-hybridized carbons (Fsp3) is 0. The van der Waals surface area contributed by atoms with Gasteiger partial charge in [-0.15, -0.1) is 0 Å². The van der Waals surface area contributed by atoms with Crippen LogP contribution < -0.4 is 52.1 Å².